The van der Waals surface area contributed by atoms with E-state index >= 15 is 0 Å². The number of carbonyl (C=O) groups is 1. The van der Waals surface area contributed by atoms with Crippen molar-refractivity contribution < 1.29 is 14.3 Å². The van der Waals surface area contributed by atoms with Gasteiger partial charge in [0.1, 0.15) is 0 Å². The molecule has 30 heavy (non-hydrogen) atoms. The van der Waals surface area contributed by atoms with Gasteiger partial charge in [-0.1, -0.05) is 32.0 Å². The van der Waals surface area contributed by atoms with E-state index in [4.69, 9.17) is 9.47 Å². The molecule has 0 saturated heterocycles. The molecule has 0 bridgehead atoms. The molecule has 1 aliphatic heterocycles. The number of imidazole rings is 1. The lowest BCUT2D eigenvalue weighted by molar-refractivity contribution is -0.116. The topological polar surface area (TPSA) is 68.6 Å². The number of ether oxygens (including phenoxy) is 2. The van der Waals surface area contributed by atoms with Crippen LogP contribution in [0.2, 0.25) is 0 Å². The van der Waals surface area contributed by atoms with Gasteiger partial charge in [-0.2, -0.15) is 0 Å². The minimum Gasteiger partial charge on any atom is -0.454 e. The summed E-state index contributed by atoms with van der Waals surface area (Å²) in [4.78, 5) is 19.7. The number of hydrogen-bond donors (Lipinski definition) is 1. The molecule has 0 saturated carbocycles. The fourth-order valence-electron chi connectivity index (χ4n) is 3.72. The number of fused-ring (bicyclic) bond motifs is 2. The van der Waals surface area contributed by atoms with Crippen LogP contribution in [0.3, 0.4) is 0 Å². The maximum Gasteiger partial charge on any atom is 0.231 e. The van der Waals surface area contributed by atoms with Crippen molar-refractivity contribution >= 4 is 22.9 Å². The number of benzene rings is 2. The molecule has 2 aromatic carbocycles. The molecule has 3 aromatic rings. The summed E-state index contributed by atoms with van der Waals surface area (Å²) < 4.78 is 12.9. The number of para-hydroxylation sites is 2. The highest BCUT2D eigenvalue weighted by Gasteiger charge is 2.16. The Balaban J connectivity index is 1.44. The predicted molar refractivity (Wildman–Crippen MR) is 117 cm³/mol. The summed E-state index contributed by atoms with van der Waals surface area (Å²) in [5, 5.41) is 3.02. The summed E-state index contributed by atoms with van der Waals surface area (Å²) in [6.07, 6.45) is 1.00. The zero-order chi connectivity index (χ0) is 20.9. The van der Waals surface area contributed by atoms with Crippen molar-refractivity contribution in [1.82, 2.24) is 14.5 Å². The molecule has 0 radical (unpaired) electrons. The number of rotatable bonds is 9. The second-order valence-corrected chi connectivity index (χ2v) is 7.34. The predicted octanol–water partition coefficient (Wildman–Crippen LogP) is 3.68. The smallest absolute Gasteiger partial charge is 0.231 e. The number of anilines is 1. The van der Waals surface area contributed by atoms with E-state index in [1.54, 1.807) is 0 Å². The molecule has 0 spiro atoms. The van der Waals surface area contributed by atoms with Crippen LogP contribution in [-0.4, -0.2) is 46.8 Å². The Morgan fingerprint density at radius 2 is 1.93 bits per heavy atom. The molecule has 1 aliphatic rings. The van der Waals surface area contributed by atoms with Crippen molar-refractivity contribution in [3.05, 3.63) is 48.0 Å². The highest BCUT2D eigenvalue weighted by atomic mass is 16.7. The molecular weight excluding hydrogens is 380 g/mol. The summed E-state index contributed by atoms with van der Waals surface area (Å²) in [5.41, 5.74) is 2.98. The SMILES string of the molecule is CCN(CC)CCn1c(NC(=O)CCc2ccc3c(c2)OCO3)nc2ccccc21. The van der Waals surface area contributed by atoms with Crippen LogP contribution >= 0.6 is 0 Å². The van der Waals surface area contributed by atoms with Crippen molar-refractivity contribution in [2.24, 2.45) is 0 Å². The van der Waals surface area contributed by atoms with E-state index in [1.807, 2.05) is 42.5 Å². The number of aromatic nitrogens is 2. The second kappa shape index (κ2) is 9.17. The fourth-order valence-corrected chi connectivity index (χ4v) is 3.72. The lowest BCUT2D eigenvalue weighted by Crippen LogP contribution is -2.27. The number of likely N-dealkylation sites (N-methyl/N-ethyl adjacent to an activating group) is 1. The van der Waals surface area contributed by atoms with Crippen LogP contribution in [0, 0.1) is 0 Å². The zero-order valence-electron chi connectivity index (χ0n) is 17.6. The normalized spacial score (nSPS) is 12.6. The third kappa shape index (κ3) is 4.41. The van der Waals surface area contributed by atoms with Gasteiger partial charge in [0.25, 0.3) is 0 Å². The second-order valence-electron chi connectivity index (χ2n) is 7.34. The van der Waals surface area contributed by atoms with Crippen molar-refractivity contribution in [3.63, 3.8) is 0 Å². The molecule has 1 aromatic heterocycles. The molecule has 0 fully saturated rings. The first-order valence-corrected chi connectivity index (χ1v) is 10.5. The summed E-state index contributed by atoms with van der Waals surface area (Å²) in [6.45, 7) is 8.26. The van der Waals surface area contributed by atoms with Crippen molar-refractivity contribution in [2.45, 2.75) is 33.2 Å². The van der Waals surface area contributed by atoms with E-state index in [1.165, 1.54) is 0 Å². The highest BCUT2D eigenvalue weighted by Crippen LogP contribution is 2.32. The Labute approximate surface area is 176 Å². The van der Waals surface area contributed by atoms with Gasteiger partial charge < -0.3 is 18.9 Å². The number of amides is 1. The maximum absolute atomic E-state index is 12.7. The van der Waals surface area contributed by atoms with Gasteiger partial charge in [0.15, 0.2) is 11.5 Å². The van der Waals surface area contributed by atoms with Crippen LogP contribution in [0.25, 0.3) is 11.0 Å². The molecule has 158 valence electrons. The van der Waals surface area contributed by atoms with Gasteiger partial charge in [-0.15, -0.1) is 0 Å². The third-order valence-corrected chi connectivity index (χ3v) is 5.52. The van der Waals surface area contributed by atoms with Crippen LogP contribution in [0.1, 0.15) is 25.8 Å². The minimum atomic E-state index is -0.0490. The van der Waals surface area contributed by atoms with Gasteiger partial charge in [0.05, 0.1) is 11.0 Å². The maximum atomic E-state index is 12.7. The van der Waals surface area contributed by atoms with Crippen LogP contribution in [0.5, 0.6) is 11.5 Å². The van der Waals surface area contributed by atoms with E-state index in [9.17, 15) is 4.79 Å². The Bertz CT molecular complexity index is 1030. The first-order chi connectivity index (χ1) is 14.7. The van der Waals surface area contributed by atoms with E-state index in [-0.39, 0.29) is 12.7 Å². The molecular formula is C23H28N4O3. The van der Waals surface area contributed by atoms with Crippen LogP contribution in [-0.2, 0) is 17.8 Å². The van der Waals surface area contributed by atoms with E-state index in [0.717, 1.165) is 54.3 Å². The van der Waals surface area contributed by atoms with Crippen molar-refractivity contribution in [3.8, 4) is 11.5 Å². The quantitative estimate of drug-likeness (QED) is 0.585. The minimum absolute atomic E-state index is 0.0490. The summed E-state index contributed by atoms with van der Waals surface area (Å²) in [7, 11) is 0. The average molecular weight is 409 g/mol. The molecule has 0 aliphatic carbocycles. The number of nitrogens with zero attached hydrogens (tertiary/aromatic N) is 3. The number of hydrogen-bond acceptors (Lipinski definition) is 5. The van der Waals surface area contributed by atoms with Crippen LogP contribution < -0.4 is 14.8 Å². The lowest BCUT2D eigenvalue weighted by Gasteiger charge is -2.19. The molecule has 0 unspecified atom stereocenters. The van der Waals surface area contributed by atoms with Crippen LogP contribution in [0.4, 0.5) is 5.95 Å². The van der Waals surface area contributed by atoms with Gasteiger partial charge in [0, 0.05) is 19.5 Å². The van der Waals surface area contributed by atoms with Gasteiger partial charge in [-0.25, -0.2) is 4.98 Å². The first-order valence-electron chi connectivity index (χ1n) is 10.5. The molecule has 7 heteroatoms. The lowest BCUT2D eigenvalue weighted by atomic mass is 10.1. The summed E-state index contributed by atoms with van der Waals surface area (Å²) in [5.74, 6) is 2.06. The molecule has 1 N–H and O–H groups in total. The Morgan fingerprint density at radius 1 is 1.13 bits per heavy atom. The molecule has 4 rings (SSSR count). The first kappa shape index (κ1) is 20.2. The number of nitrogens with one attached hydrogen (secondary N) is 1. The number of carbonyl (C=O) groups excluding carboxylic acids is 1. The standard InChI is InChI=1S/C23H28N4O3/c1-3-26(4-2)13-14-27-19-8-6-5-7-18(19)24-23(27)25-22(28)12-10-17-9-11-20-21(15-17)30-16-29-20/h5-9,11,15H,3-4,10,12-14,16H2,1-2H3,(H,24,25,28). The average Bonchev–Trinajstić information content (AvgIpc) is 3.37. The molecule has 7 nitrogen and oxygen atoms in total. The van der Waals surface area contributed by atoms with Crippen molar-refractivity contribution in [1.29, 1.82) is 0 Å². The summed E-state index contributed by atoms with van der Waals surface area (Å²) >= 11 is 0. The van der Waals surface area contributed by atoms with E-state index < -0.39 is 0 Å². The van der Waals surface area contributed by atoms with Crippen molar-refractivity contribution in [2.75, 3.05) is 31.7 Å². The van der Waals surface area contributed by atoms with Gasteiger partial charge >= 0.3 is 0 Å². The Kier molecular flexibility index (Phi) is 6.18. The zero-order valence-corrected chi connectivity index (χ0v) is 17.6. The third-order valence-electron chi connectivity index (χ3n) is 5.52. The van der Waals surface area contributed by atoms with E-state index in [0.29, 0.717) is 18.8 Å². The largest absolute Gasteiger partial charge is 0.454 e. The molecule has 0 atom stereocenters. The van der Waals surface area contributed by atoms with Gasteiger partial charge in [-0.05, 0) is 49.3 Å². The highest BCUT2D eigenvalue weighted by molar-refractivity contribution is 5.91. The molecule has 1 amide bonds. The van der Waals surface area contributed by atoms with Crippen LogP contribution in [0.15, 0.2) is 42.5 Å². The summed E-state index contributed by atoms with van der Waals surface area (Å²) in [6, 6.07) is 13.8. The van der Waals surface area contributed by atoms with E-state index in [2.05, 4.69) is 33.6 Å². The van der Waals surface area contributed by atoms with Gasteiger partial charge in [0.2, 0.25) is 18.6 Å². The Hall–Kier alpha value is -3.06. The van der Waals surface area contributed by atoms with Gasteiger partial charge in [-0.3, -0.25) is 10.1 Å². The Morgan fingerprint density at radius 3 is 2.77 bits per heavy atom. The monoisotopic (exact) mass is 408 g/mol. The molecule has 2 heterocycles. The number of aryl methyl sites for hydroxylation is 1. The fraction of sp³-hybridized carbons (Fsp3) is 0.391.